The highest BCUT2D eigenvalue weighted by Gasteiger charge is 2.07. The number of benzene rings is 1. The normalized spacial score (nSPS) is 12.6. The third-order valence-electron chi connectivity index (χ3n) is 2.57. The van der Waals surface area contributed by atoms with Gasteiger partial charge in [0.15, 0.2) is 0 Å². The van der Waals surface area contributed by atoms with Crippen molar-refractivity contribution in [2.45, 2.75) is 19.5 Å². The summed E-state index contributed by atoms with van der Waals surface area (Å²) in [5.41, 5.74) is 0.907. The Labute approximate surface area is 108 Å². The summed E-state index contributed by atoms with van der Waals surface area (Å²) in [6.45, 7) is 2.61. The molecule has 1 aromatic carbocycles. The van der Waals surface area contributed by atoms with Crippen molar-refractivity contribution in [3.63, 3.8) is 0 Å². The Bertz CT molecular complexity index is 484. The second kappa shape index (κ2) is 5.47. The molecule has 0 spiro atoms. The first kappa shape index (κ1) is 12.3. The van der Waals surface area contributed by atoms with Crippen molar-refractivity contribution >= 4 is 15.9 Å². The van der Waals surface area contributed by atoms with Crippen molar-refractivity contribution in [2.24, 2.45) is 0 Å². The van der Waals surface area contributed by atoms with E-state index in [1.807, 2.05) is 25.1 Å². The summed E-state index contributed by atoms with van der Waals surface area (Å²) < 4.78 is 19.1. The Hall–Kier alpha value is -1.13. The number of hydrogen-bond acceptors (Lipinski definition) is 2. The molecule has 0 amide bonds. The summed E-state index contributed by atoms with van der Waals surface area (Å²) in [6.07, 6.45) is 1.65. The Balaban J connectivity index is 1.96. The molecule has 0 radical (unpaired) electrons. The van der Waals surface area contributed by atoms with E-state index in [0.29, 0.717) is 11.0 Å². The fourth-order valence-corrected chi connectivity index (χ4v) is 1.81. The number of halogens is 2. The van der Waals surface area contributed by atoms with Crippen molar-refractivity contribution in [3.05, 3.63) is 58.2 Å². The van der Waals surface area contributed by atoms with Crippen LogP contribution in [-0.4, -0.2) is 0 Å². The molecule has 90 valence electrons. The lowest BCUT2D eigenvalue weighted by Crippen LogP contribution is -2.17. The SMILES string of the molecule is C[C@@H](NCc1ccc(Br)c(F)c1)c1ccco1. The van der Waals surface area contributed by atoms with Gasteiger partial charge in [0, 0.05) is 6.54 Å². The topological polar surface area (TPSA) is 25.2 Å². The van der Waals surface area contributed by atoms with Crippen LogP contribution in [0.1, 0.15) is 24.3 Å². The zero-order valence-electron chi connectivity index (χ0n) is 9.41. The van der Waals surface area contributed by atoms with E-state index in [9.17, 15) is 4.39 Å². The van der Waals surface area contributed by atoms with Gasteiger partial charge in [-0.25, -0.2) is 4.39 Å². The van der Waals surface area contributed by atoms with Gasteiger partial charge in [-0.05, 0) is 52.7 Å². The second-order valence-electron chi connectivity index (χ2n) is 3.87. The third-order valence-corrected chi connectivity index (χ3v) is 3.21. The quantitative estimate of drug-likeness (QED) is 0.922. The summed E-state index contributed by atoms with van der Waals surface area (Å²) in [7, 11) is 0. The van der Waals surface area contributed by atoms with Crippen LogP contribution in [0.3, 0.4) is 0 Å². The zero-order chi connectivity index (χ0) is 12.3. The minimum atomic E-state index is -0.241. The van der Waals surface area contributed by atoms with E-state index in [2.05, 4.69) is 21.2 Å². The zero-order valence-corrected chi connectivity index (χ0v) is 11.0. The fourth-order valence-electron chi connectivity index (χ4n) is 1.56. The van der Waals surface area contributed by atoms with Crippen molar-refractivity contribution < 1.29 is 8.81 Å². The van der Waals surface area contributed by atoms with E-state index in [0.717, 1.165) is 11.3 Å². The van der Waals surface area contributed by atoms with Gasteiger partial charge in [-0.15, -0.1) is 0 Å². The highest BCUT2D eigenvalue weighted by atomic mass is 79.9. The molecule has 0 fully saturated rings. The lowest BCUT2D eigenvalue weighted by atomic mass is 10.2. The van der Waals surface area contributed by atoms with E-state index < -0.39 is 0 Å². The van der Waals surface area contributed by atoms with E-state index in [4.69, 9.17) is 4.42 Å². The highest BCUT2D eigenvalue weighted by molar-refractivity contribution is 9.10. The van der Waals surface area contributed by atoms with Crippen molar-refractivity contribution in [3.8, 4) is 0 Å². The largest absolute Gasteiger partial charge is 0.468 e. The summed E-state index contributed by atoms with van der Waals surface area (Å²) in [5, 5.41) is 3.27. The van der Waals surface area contributed by atoms with Gasteiger partial charge in [0.25, 0.3) is 0 Å². The van der Waals surface area contributed by atoms with Crippen LogP contribution in [0.25, 0.3) is 0 Å². The molecule has 0 aliphatic rings. The minimum Gasteiger partial charge on any atom is -0.468 e. The van der Waals surface area contributed by atoms with Crippen molar-refractivity contribution in [1.29, 1.82) is 0 Å². The molecule has 4 heteroatoms. The molecule has 1 heterocycles. The van der Waals surface area contributed by atoms with Gasteiger partial charge < -0.3 is 9.73 Å². The summed E-state index contributed by atoms with van der Waals surface area (Å²) in [5.74, 6) is 0.637. The molecule has 2 aromatic rings. The highest BCUT2D eigenvalue weighted by Crippen LogP contribution is 2.17. The molecule has 2 nitrogen and oxygen atoms in total. The standard InChI is InChI=1S/C13H13BrFNO/c1-9(13-3-2-6-17-13)16-8-10-4-5-11(14)12(15)7-10/h2-7,9,16H,8H2,1H3/t9-/m1/s1. The smallest absolute Gasteiger partial charge is 0.137 e. The number of hydrogen-bond donors (Lipinski definition) is 1. The molecule has 1 atom stereocenters. The van der Waals surface area contributed by atoms with Gasteiger partial charge in [-0.3, -0.25) is 0 Å². The van der Waals surface area contributed by atoms with Gasteiger partial charge in [0.1, 0.15) is 11.6 Å². The van der Waals surface area contributed by atoms with E-state index in [1.165, 1.54) is 6.07 Å². The van der Waals surface area contributed by atoms with Gasteiger partial charge in [-0.1, -0.05) is 6.07 Å². The molecule has 0 aliphatic heterocycles. The predicted octanol–water partition coefficient (Wildman–Crippen LogP) is 4.03. The molecule has 0 saturated heterocycles. The molecular formula is C13H13BrFNO. The first-order valence-corrected chi connectivity index (χ1v) is 6.17. The number of rotatable bonds is 4. The van der Waals surface area contributed by atoms with Crippen LogP contribution in [0, 0.1) is 5.82 Å². The average Bonchev–Trinajstić information content (AvgIpc) is 2.84. The first-order chi connectivity index (χ1) is 8.16. The van der Waals surface area contributed by atoms with Gasteiger partial charge in [0.05, 0.1) is 16.8 Å². The third kappa shape index (κ3) is 3.17. The van der Waals surface area contributed by atoms with Crippen molar-refractivity contribution in [2.75, 3.05) is 0 Å². The van der Waals surface area contributed by atoms with Gasteiger partial charge >= 0.3 is 0 Å². The molecular weight excluding hydrogens is 285 g/mol. The monoisotopic (exact) mass is 297 g/mol. The maximum Gasteiger partial charge on any atom is 0.137 e. The number of nitrogens with one attached hydrogen (secondary N) is 1. The van der Waals surface area contributed by atoms with Crippen LogP contribution in [0.15, 0.2) is 45.5 Å². The fraction of sp³-hybridized carbons (Fsp3) is 0.231. The van der Waals surface area contributed by atoms with Crippen LogP contribution in [0.4, 0.5) is 4.39 Å². The van der Waals surface area contributed by atoms with Crippen molar-refractivity contribution in [1.82, 2.24) is 5.32 Å². The van der Waals surface area contributed by atoms with Gasteiger partial charge in [0.2, 0.25) is 0 Å². The molecule has 1 aromatic heterocycles. The minimum absolute atomic E-state index is 0.108. The van der Waals surface area contributed by atoms with E-state index >= 15 is 0 Å². The van der Waals surface area contributed by atoms with Gasteiger partial charge in [-0.2, -0.15) is 0 Å². The Morgan fingerprint density at radius 1 is 1.41 bits per heavy atom. The lowest BCUT2D eigenvalue weighted by Gasteiger charge is -2.11. The number of furan rings is 1. The van der Waals surface area contributed by atoms with Crippen LogP contribution >= 0.6 is 15.9 Å². The average molecular weight is 298 g/mol. The molecule has 0 aliphatic carbocycles. The summed E-state index contributed by atoms with van der Waals surface area (Å²) >= 11 is 3.13. The van der Waals surface area contributed by atoms with Crippen LogP contribution < -0.4 is 5.32 Å². The van der Waals surface area contributed by atoms with Crippen LogP contribution in [0.5, 0.6) is 0 Å². The lowest BCUT2D eigenvalue weighted by molar-refractivity contribution is 0.430. The van der Waals surface area contributed by atoms with E-state index in [1.54, 1.807) is 12.3 Å². The molecule has 0 unspecified atom stereocenters. The summed E-state index contributed by atoms with van der Waals surface area (Å²) in [4.78, 5) is 0. The second-order valence-corrected chi connectivity index (χ2v) is 4.72. The molecule has 0 saturated carbocycles. The van der Waals surface area contributed by atoms with E-state index in [-0.39, 0.29) is 11.9 Å². The maximum absolute atomic E-state index is 13.3. The molecule has 1 N–H and O–H groups in total. The molecule has 2 rings (SSSR count). The molecule has 0 bridgehead atoms. The summed E-state index contributed by atoms with van der Waals surface area (Å²) in [6, 6.07) is 8.99. The maximum atomic E-state index is 13.3. The Kier molecular flexibility index (Phi) is 3.97. The van der Waals surface area contributed by atoms with Crippen LogP contribution in [-0.2, 0) is 6.54 Å². The predicted molar refractivity (Wildman–Crippen MR) is 68.1 cm³/mol. The Morgan fingerprint density at radius 2 is 2.24 bits per heavy atom. The Morgan fingerprint density at radius 3 is 2.88 bits per heavy atom. The van der Waals surface area contributed by atoms with Crippen LogP contribution in [0.2, 0.25) is 0 Å². The molecule has 17 heavy (non-hydrogen) atoms. The first-order valence-electron chi connectivity index (χ1n) is 5.37.